The first-order valence-electron chi connectivity index (χ1n) is 4.98. The second-order valence-corrected chi connectivity index (χ2v) is 3.50. The van der Waals surface area contributed by atoms with Crippen LogP contribution in [0.1, 0.15) is 15.9 Å². The van der Waals surface area contributed by atoms with Crippen molar-refractivity contribution in [1.29, 1.82) is 0 Å². The number of rotatable bonds is 3. The van der Waals surface area contributed by atoms with E-state index in [1.807, 2.05) is 0 Å². The quantitative estimate of drug-likeness (QED) is 0.742. The molecule has 0 radical (unpaired) electrons. The maximum Gasteiger partial charge on any atom is 0.251 e. The summed E-state index contributed by atoms with van der Waals surface area (Å²) in [6.45, 7) is 0.248. The molecule has 0 saturated carbocycles. The zero-order valence-electron chi connectivity index (χ0n) is 8.90. The van der Waals surface area contributed by atoms with Crippen LogP contribution in [0.3, 0.4) is 0 Å². The van der Waals surface area contributed by atoms with Gasteiger partial charge in [-0.3, -0.25) is 9.89 Å². The highest BCUT2D eigenvalue weighted by Gasteiger charge is 2.07. The summed E-state index contributed by atoms with van der Waals surface area (Å²) in [5, 5.41) is 8.91. The van der Waals surface area contributed by atoms with Gasteiger partial charge in [-0.25, -0.2) is 4.39 Å². The molecule has 0 aliphatic rings. The number of aromatic nitrogens is 2. The number of hydrogen-bond donors (Lipinski definition) is 3. The molecule has 0 fully saturated rings. The Morgan fingerprint density at radius 1 is 1.53 bits per heavy atom. The molecule has 17 heavy (non-hydrogen) atoms. The average Bonchev–Trinajstić information content (AvgIpc) is 2.72. The number of nitrogen functional groups attached to an aromatic ring is 1. The average molecular weight is 234 g/mol. The van der Waals surface area contributed by atoms with Gasteiger partial charge >= 0.3 is 0 Å². The molecule has 1 aromatic heterocycles. The molecule has 0 bridgehead atoms. The van der Waals surface area contributed by atoms with Crippen LogP contribution in [-0.2, 0) is 6.54 Å². The lowest BCUT2D eigenvalue weighted by molar-refractivity contribution is 0.0950. The van der Waals surface area contributed by atoms with Crippen molar-refractivity contribution in [2.45, 2.75) is 6.54 Å². The molecule has 4 N–H and O–H groups in total. The zero-order valence-corrected chi connectivity index (χ0v) is 8.90. The van der Waals surface area contributed by atoms with Crippen molar-refractivity contribution in [3.05, 3.63) is 47.4 Å². The largest absolute Gasteiger partial charge is 0.384 e. The third kappa shape index (κ3) is 2.60. The molecular formula is C11H11FN4O. The van der Waals surface area contributed by atoms with E-state index >= 15 is 0 Å². The first-order chi connectivity index (χ1) is 8.16. The Morgan fingerprint density at radius 2 is 2.35 bits per heavy atom. The molecule has 0 aliphatic heterocycles. The molecule has 0 spiro atoms. The van der Waals surface area contributed by atoms with Crippen molar-refractivity contribution in [1.82, 2.24) is 15.5 Å². The molecule has 0 saturated heterocycles. The van der Waals surface area contributed by atoms with E-state index in [1.54, 1.807) is 0 Å². The van der Waals surface area contributed by atoms with Gasteiger partial charge in [-0.1, -0.05) is 6.07 Å². The van der Waals surface area contributed by atoms with Gasteiger partial charge in [-0.05, 0) is 18.2 Å². The van der Waals surface area contributed by atoms with Gasteiger partial charge in [0.25, 0.3) is 5.91 Å². The van der Waals surface area contributed by atoms with Crippen LogP contribution in [0.2, 0.25) is 0 Å². The Labute approximate surface area is 96.8 Å². The van der Waals surface area contributed by atoms with Crippen molar-refractivity contribution in [2.75, 3.05) is 5.73 Å². The van der Waals surface area contributed by atoms with Crippen molar-refractivity contribution >= 4 is 11.7 Å². The predicted molar refractivity (Wildman–Crippen MR) is 60.6 cm³/mol. The Bertz CT molecular complexity index is 538. The number of nitrogens with one attached hydrogen (secondary N) is 2. The Kier molecular flexibility index (Phi) is 3.04. The number of aromatic amines is 1. The number of hydrogen-bond acceptors (Lipinski definition) is 3. The fourth-order valence-corrected chi connectivity index (χ4v) is 1.37. The van der Waals surface area contributed by atoms with E-state index in [-0.39, 0.29) is 18.0 Å². The molecule has 5 nitrogen and oxygen atoms in total. The maximum absolute atomic E-state index is 12.9. The molecule has 6 heteroatoms. The number of carbonyl (C=O) groups excluding carboxylic acids is 1. The van der Waals surface area contributed by atoms with E-state index < -0.39 is 5.82 Å². The van der Waals surface area contributed by atoms with Crippen molar-refractivity contribution in [2.24, 2.45) is 0 Å². The standard InChI is InChI=1S/C11H11FN4O/c12-9-3-1-2-7(4-9)11(17)14-5-8-6-15-16-10(8)13/h1-4,6H,5H2,(H,14,17)(H3,13,15,16). The molecule has 0 aliphatic carbocycles. The van der Waals surface area contributed by atoms with E-state index in [0.717, 1.165) is 0 Å². The van der Waals surface area contributed by atoms with Gasteiger partial charge in [0.1, 0.15) is 11.6 Å². The Balaban J connectivity index is 2.01. The molecule has 1 aromatic carbocycles. The first-order valence-corrected chi connectivity index (χ1v) is 4.98. The van der Waals surface area contributed by atoms with E-state index in [9.17, 15) is 9.18 Å². The number of nitrogens with zero attached hydrogens (tertiary/aromatic N) is 1. The van der Waals surface area contributed by atoms with E-state index in [1.165, 1.54) is 30.5 Å². The summed E-state index contributed by atoms with van der Waals surface area (Å²) < 4.78 is 12.9. The molecule has 1 heterocycles. The number of halogens is 1. The molecule has 0 atom stereocenters. The highest BCUT2D eigenvalue weighted by molar-refractivity contribution is 5.94. The molecule has 2 aromatic rings. The van der Waals surface area contributed by atoms with Gasteiger partial charge in [0, 0.05) is 17.7 Å². The normalized spacial score (nSPS) is 10.2. The number of H-pyrrole nitrogens is 1. The SMILES string of the molecule is Nc1[nH]ncc1CNC(=O)c1cccc(F)c1. The van der Waals surface area contributed by atoms with Crippen LogP contribution in [0.5, 0.6) is 0 Å². The van der Waals surface area contributed by atoms with Crippen LogP contribution < -0.4 is 11.1 Å². The van der Waals surface area contributed by atoms with Gasteiger partial charge in [0.2, 0.25) is 0 Å². The first kappa shape index (κ1) is 11.1. The minimum Gasteiger partial charge on any atom is -0.384 e. The summed E-state index contributed by atoms with van der Waals surface area (Å²) in [6, 6.07) is 5.48. The second kappa shape index (κ2) is 4.65. The van der Waals surface area contributed by atoms with Crippen molar-refractivity contribution < 1.29 is 9.18 Å². The number of benzene rings is 1. The third-order valence-electron chi connectivity index (χ3n) is 2.28. The molecule has 2 rings (SSSR count). The highest BCUT2D eigenvalue weighted by Crippen LogP contribution is 2.07. The minimum absolute atomic E-state index is 0.248. The number of nitrogens with two attached hydrogens (primary N) is 1. The number of amides is 1. The summed E-state index contributed by atoms with van der Waals surface area (Å²) in [5.41, 5.74) is 6.52. The lowest BCUT2D eigenvalue weighted by Crippen LogP contribution is -2.23. The van der Waals surface area contributed by atoms with Gasteiger partial charge < -0.3 is 11.1 Å². The molecule has 1 amide bonds. The monoisotopic (exact) mass is 234 g/mol. The van der Waals surface area contributed by atoms with Crippen LogP contribution in [0, 0.1) is 5.82 Å². The van der Waals surface area contributed by atoms with Crippen molar-refractivity contribution in [3.63, 3.8) is 0 Å². The predicted octanol–water partition coefficient (Wildman–Crippen LogP) is 1.06. The molecule has 88 valence electrons. The van der Waals surface area contributed by atoms with Crippen LogP contribution in [0.4, 0.5) is 10.2 Å². The van der Waals surface area contributed by atoms with Gasteiger partial charge in [-0.15, -0.1) is 0 Å². The lowest BCUT2D eigenvalue weighted by atomic mass is 10.2. The minimum atomic E-state index is -0.444. The van der Waals surface area contributed by atoms with Crippen LogP contribution in [0.25, 0.3) is 0 Å². The number of carbonyl (C=O) groups is 1. The summed E-state index contributed by atoms with van der Waals surface area (Å²) in [5.74, 6) is -0.393. The lowest BCUT2D eigenvalue weighted by Gasteiger charge is -2.04. The van der Waals surface area contributed by atoms with E-state index in [4.69, 9.17) is 5.73 Å². The second-order valence-electron chi connectivity index (χ2n) is 3.50. The zero-order chi connectivity index (χ0) is 12.3. The molecule has 0 unspecified atom stereocenters. The van der Waals surface area contributed by atoms with E-state index in [2.05, 4.69) is 15.5 Å². The summed E-state index contributed by atoms with van der Waals surface area (Å²) in [4.78, 5) is 11.7. The Morgan fingerprint density at radius 3 is 3.00 bits per heavy atom. The van der Waals surface area contributed by atoms with Crippen molar-refractivity contribution in [3.8, 4) is 0 Å². The third-order valence-corrected chi connectivity index (χ3v) is 2.28. The smallest absolute Gasteiger partial charge is 0.251 e. The Hall–Kier alpha value is -2.37. The van der Waals surface area contributed by atoms with Crippen LogP contribution >= 0.6 is 0 Å². The van der Waals surface area contributed by atoms with Crippen LogP contribution in [-0.4, -0.2) is 16.1 Å². The highest BCUT2D eigenvalue weighted by atomic mass is 19.1. The summed E-state index contributed by atoms with van der Waals surface area (Å²) >= 11 is 0. The van der Waals surface area contributed by atoms with E-state index in [0.29, 0.717) is 11.4 Å². The van der Waals surface area contributed by atoms with Gasteiger partial charge in [0.05, 0.1) is 6.20 Å². The summed E-state index contributed by atoms with van der Waals surface area (Å²) in [6.07, 6.45) is 1.53. The number of anilines is 1. The summed E-state index contributed by atoms with van der Waals surface area (Å²) in [7, 11) is 0. The fourth-order valence-electron chi connectivity index (χ4n) is 1.37. The maximum atomic E-state index is 12.9. The van der Waals surface area contributed by atoms with Gasteiger partial charge in [-0.2, -0.15) is 5.10 Å². The van der Waals surface area contributed by atoms with Crippen LogP contribution in [0.15, 0.2) is 30.5 Å². The molecular weight excluding hydrogens is 223 g/mol. The fraction of sp³-hybridized carbons (Fsp3) is 0.0909. The van der Waals surface area contributed by atoms with Gasteiger partial charge in [0.15, 0.2) is 0 Å². The topological polar surface area (TPSA) is 83.8 Å².